The third kappa shape index (κ3) is 1.70. The first-order valence-electron chi connectivity index (χ1n) is 6.90. The molecule has 104 valence electrons. The number of amidine groups is 1. The van der Waals surface area contributed by atoms with Crippen LogP contribution < -0.4 is 0 Å². The summed E-state index contributed by atoms with van der Waals surface area (Å²) in [6, 6.07) is 0. The maximum atomic E-state index is 11.5. The largest absolute Gasteiger partial charge is 0.292 e. The number of carbonyl (C=O) groups excluding carboxylic acids is 1. The molecule has 19 heavy (non-hydrogen) atoms. The van der Waals surface area contributed by atoms with Gasteiger partial charge in [-0.3, -0.25) is 9.69 Å². The average Bonchev–Trinajstić information content (AvgIpc) is 2.85. The molecule has 0 N–H and O–H groups in total. The highest BCUT2D eigenvalue weighted by Crippen LogP contribution is 2.64. The van der Waals surface area contributed by atoms with Gasteiger partial charge in [0.25, 0.3) is 0 Å². The molecule has 5 heteroatoms. The van der Waals surface area contributed by atoms with E-state index >= 15 is 0 Å². The molecule has 4 nitrogen and oxygen atoms in total. The van der Waals surface area contributed by atoms with Crippen LogP contribution in [0.2, 0.25) is 0 Å². The molecule has 0 radical (unpaired) electrons. The smallest absolute Gasteiger partial charge is 0.238 e. The summed E-state index contributed by atoms with van der Waals surface area (Å²) in [6.07, 6.45) is 3.60. The van der Waals surface area contributed by atoms with Crippen LogP contribution in [-0.2, 0) is 4.79 Å². The molecule has 2 bridgehead atoms. The van der Waals surface area contributed by atoms with E-state index in [1.165, 1.54) is 30.3 Å². The van der Waals surface area contributed by atoms with Crippen molar-refractivity contribution in [3.8, 4) is 0 Å². The van der Waals surface area contributed by atoms with Gasteiger partial charge in [0.15, 0.2) is 5.17 Å². The lowest BCUT2D eigenvalue weighted by Gasteiger charge is -2.34. The second-order valence-corrected chi connectivity index (χ2v) is 7.61. The van der Waals surface area contributed by atoms with Crippen LogP contribution in [0.1, 0.15) is 40.0 Å². The van der Waals surface area contributed by atoms with E-state index in [0.29, 0.717) is 11.2 Å². The minimum Gasteiger partial charge on any atom is -0.292 e. The van der Waals surface area contributed by atoms with Crippen LogP contribution in [0.4, 0.5) is 0 Å². The first-order chi connectivity index (χ1) is 8.86. The van der Waals surface area contributed by atoms with E-state index < -0.39 is 0 Å². The fraction of sp³-hybridized carbons (Fsp3) is 0.786. The molecule has 2 atom stereocenters. The fourth-order valence-electron chi connectivity index (χ4n) is 3.71. The van der Waals surface area contributed by atoms with Crippen molar-refractivity contribution in [1.82, 2.24) is 4.90 Å². The zero-order valence-corrected chi connectivity index (χ0v) is 12.9. The van der Waals surface area contributed by atoms with Crippen molar-refractivity contribution < 1.29 is 4.79 Å². The van der Waals surface area contributed by atoms with Gasteiger partial charge in [-0.25, -0.2) is 0 Å². The molecule has 0 spiro atoms. The van der Waals surface area contributed by atoms with Crippen LogP contribution >= 0.6 is 11.8 Å². The van der Waals surface area contributed by atoms with E-state index in [-0.39, 0.29) is 11.3 Å². The van der Waals surface area contributed by atoms with Gasteiger partial charge in [0, 0.05) is 18.2 Å². The third-order valence-corrected chi connectivity index (χ3v) is 6.76. The molecular weight excluding hydrogens is 258 g/mol. The number of rotatable bonds is 1. The maximum Gasteiger partial charge on any atom is 0.238 e. The number of thioether (sulfide) groups is 1. The predicted molar refractivity (Wildman–Crippen MR) is 79.3 cm³/mol. The zero-order valence-electron chi connectivity index (χ0n) is 12.1. The van der Waals surface area contributed by atoms with Crippen molar-refractivity contribution in [3.05, 3.63) is 0 Å². The highest BCUT2D eigenvalue weighted by atomic mass is 32.2. The Morgan fingerprint density at radius 2 is 2.05 bits per heavy atom. The Morgan fingerprint density at radius 3 is 2.53 bits per heavy atom. The summed E-state index contributed by atoms with van der Waals surface area (Å²) in [4.78, 5) is 13.1. The minimum atomic E-state index is 0.114. The van der Waals surface area contributed by atoms with Crippen LogP contribution in [-0.4, -0.2) is 34.5 Å². The Bertz CT molecular complexity index is 497. The topological polar surface area (TPSA) is 45.0 Å². The van der Waals surface area contributed by atoms with Crippen LogP contribution in [0, 0.1) is 16.7 Å². The van der Waals surface area contributed by atoms with Gasteiger partial charge in [-0.2, -0.15) is 5.10 Å². The lowest BCUT2D eigenvalue weighted by atomic mass is 9.70. The van der Waals surface area contributed by atoms with Gasteiger partial charge < -0.3 is 0 Å². The van der Waals surface area contributed by atoms with Crippen molar-refractivity contribution in [2.45, 2.75) is 40.0 Å². The van der Waals surface area contributed by atoms with Gasteiger partial charge in [-0.15, -0.1) is 5.10 Å². The molecule has 3 aliphatic rings. The van der Waals surface area contributed by atoms with E-state index in [1.54, 1.807) is 11.9 Å². The molecule has 3 rings (SSSR count). The second kappa shape index (κ2) is 4.08. The van der Waals surface area contributed by atoms with Gasteiger partial charge in [0.05, 0.1) is 5.75 Å². The molecule has 3 fully saturated rings. The van der Waals surface area contributed by atoms with Crippen molar-refractivity contribution >= 4 is 28.5 Å². The third-order valence-electron chi connectivity index (χ3n) is 5.75. The summed E-state index contributed by atoms with van der Waals surface area (Å²) in [5.41, 5.74) is 1.75. The van der Waals surface area contributed by atoms with Gasteiger partial charge in [0.1, 0.15) is 0 Å². The molecule has 1 aliphatic heterocycles. The van der Waals surface area contributed by atoms with Crippen molar-refractivity contribution in [1.29, 1.82) is 0 Å². The summed E-state index contributed by atoms with van der Waals surface area (Å²) >= 11 is 1.48. The van der Waals surface area contributed by atoms with E-state index in [2.05, 4.69) is 31.0 Å². The van der Waals surface area contributed by atoms with E-state index in [0.717, 1.165) is 17.5 Å². The molecular formula is C14H21N3OS. The normalized spacial score (nSPS) is 40.9. The Labute approximate surface area is 118 Å². The SMILES string of the molecule is CN1C(=O)CS/C1=N\N=C1/C[C@H]2CC[C@]1(C)C2(C)C. The lowest BCUT2D eigenvalue weighted by molar-refractivity contribution is -0.123. The average molecular weight is 279 g/mol. The van der Waals surface area contributed by atoms with Gasteiger partial charge in [0.2, 0.25) is 5.91 Å². The van der Waals surface area contributed by atoms with E-state index in [1.807, 2.05) is 0 Å². The fourth-order valence-corrected chi connectivity index (χ4v) is 4.55. The molecule has 1 amide bonds. The van der Waals surface area contributed by atoms with Gasteiger partial charge >= 0.3 is 0 Å². The first kappa shape index (κ1) is 13.2. The lowest BCUT2D eigenvalue weighted by Crippen LogP contribution is -2.32. The standard InChI is InChI=1S/C14H21N3OS/c1-13(2)9-5-6-14(13,3)10(7-9)15-16-12-17(4)11(18)8-19-12/h9H,5-8H2,1-4H3/b15-10+,16-12-/t9-,14+/m1/s1. The van der Waals surface area contributed by atoms with Crippen molar-refractivity contribution in [3.63, 3.8) is 0 Å². The molecule has 0 aromatic heterocycles. The van der Waals surface area contributed by atoms with Crippen LogP contribution in [0.3, 0.4) is 0 Å². The number of fused-ring (bicyclic) bond motifs is 2. The Kier molecular flexibility index (Phi) is 2.82. The molecule has 0 aromatic rings. The Morgan fingerprint density at radius 1 is 1.32 bits per heavy atom. The summed E-state index contributed by atoms with van der Waals surface area (Å²) in [7, 11) is 1.77. The summed E-state index contributed by atoms with van der Waals surface area (Å²) in [5, 5.41) is 9.61. The predicted octanol–water partition coefficient (Wildman–Crippen LogP) is 2.75. The summed E-state index contributed by atoms with van der Waals surface area (Å²) in [6.45, 7) is 7.05. The Balaban J connectivity index is 1.87. The van der Waals surface area contributed by atoms with E-state index in [9.17, 15) is 4.79 Å². The zero-order chi connectivity index (χ0) is 13.8. The van der Waals surface area contributed by atoms with Crippen LogP contribution in [0.15, 0.2) is 10.2 Å². The van der Waals surface area contributed by atoms with E-state index in [4.69, 9.17) is 0 Å². The monoisotopic (exact) mass is 279 g/mol. The number of hydrogen-bond acceptors (Lipinski definition) is 4. The Hall–Kier alpha value is -0.840. The summed E-state index contributed by atoms with van der Waals surface area (Å²) < 4.78 is 0. The highest BCUT2D eigenvalue weighted by molar-refractivity contribution is 8.15. The quantitative estimate of drug-likeness (QED) is 0.693. The maximum absolute atomic E-state index is 11.5. The van der Waals surface area contributed by atoms with Gasteiger partial charge in [-0.1, -0.05) is 32.5 Å². The number of nitrogens with zero attached hydrogens (tertiary/aromatic N) is 3. The second-order valence-electron chi connectivity index (χ2n) is 6.66. The van der Waals surface area contributed by atoms with Crippen molar-refractivity contribution in [2.24, 2.45) is 27.0 Å². The van der Waals surface area contributed by atoms with Crippen molar-refractivity contribution in [2.75, 3.05) is 12.8 Å². The number of amides is 1. The first-order valence-corrected chi connectivity index (χ1v) is 7.89. The van der Waals surface area contributed by atoms with Crippen LogP contribution in [0.25, 0.3) is 0 Å². The number of carbonyl (C=O) groups is 1. The molecule has 0 aromatic carbocycles. The van der Waals surface area contributed by atoms with Gasteiger partial charge in [-0.05, 0) is 30.6 Å². The molecule has 1 heterocycles. The number of hydrogen-bond donors (Lipinski definition) is 0. The summed E-state index contributed by atoms with van der Waals surface area (Å²) in [5.74, 6) is 1.35. The highest BCUT2D eigenvalue weighted by Gasteiger charge is 2.60. The molecule has 0 unspecified atom stereocenters. The molecule has 1 saturated heterocycles. The molecule has 2 saturated carbocycles. The molecule has 2 aliphatic carbocycles. The minimum absolute atomic E-state index is 0.114. The van der Waals surface area contributed by atoms with Crippen LogP contribution in [0.5, 0.6) is 0 Å².